The number of nitrogens with one attached hydrogen (secondary N) is 1. The minimum atomic E-state index is -0.106. The summed E-state index contributed by atoms with van der Waals surface area (Å²) in [6, 6.07) is 0. The van der Waals surface area contributed by atoms with Crippen LogP contribution in [0, 0.1) is 13.8 Å². The SMILES string of the molecule is COCCNC(=O)c1c(C)coc1C. The molecule has 14 heavy (non-hydrogen) atoms. The van der Waals surface area contributed by atoms with Gasteiger partial charge in [0.2, 0.25) is 0 Å². The molecule has 0 bridgehead atoms. The molecule has 1 rings (SSSR count). The van der Waals surface area contributed by atoms with Crippen molar-refractivity contribution in [2.45, 2.75) is 13.8 Å². The molecule has 0 aliphatic heterocycles. The standard InChI is InChI=1S/C10H15NO3/c1-7-6-14-8(2)9(7)10(12)11-4-5-13-3/h6H,4-5H2,1-3H3,(H,11,12). The van der Waals surface area contributed by atoms with Crippen LogP contribution >= 0.6 is 0 Å². The summed E-state index contributed by atoms with van der Waals surface area (Å²) >= 11 is 0. The van der Waals surface area contributed by atoms with Gasteiger partial charge in [0.1, 0.15) is 5.76 Å². The second kappa shape index (κ2) is 4.81. The predicted molar refractivity (Wildman–Crippen MR) is 52.4 cm³/mol. The largest absolute Gasteiger partial charge is 0.469 e. The monoisotopic (exact) mass is 197 g/mol. The van der Waals surface area contributed by atoms with E-state index in [9.17, 15) is 4.79 Å². The number of amides is 1. The number of hydrogen-bond donors (Lipinski definition) is 1. The molecule has 1 N–H and O–H groups in total. The molecule has 0 saturated heterocycles. The summed E-state index contributed by atoms with van der Waals surface area (Å²) in [4.78, 5) is 11.6. The summed E-state index contributed by atoms with van der Waals surface area (Å²) in [6.07, 6.45) is 1.58. The number of carbonyl (C=O) groups excluding carboxylic acids is 1. The Labute approximate surface area is 83.2 Å². The zero-order valence-electron chi connectivity index (χ0n) is 8.72. The lowest BCUT2D eigenvalue weighted by Gasteiger charge is -2.03. The van der Waals surface area contributed by atoms with Gasteiger partial charge < -0.3 is 14.5 Å². The van der Waals surface area contributed by atoms with Crippen LogP contribution in [0.3, 0.4) is 0 Å². The Morgan fingerprint density at radius 2 is 2.29 bits per heavy atom. The zero-order chi connectivity index (χ0) is 10.6. The summed E-state index contributed by atoms with van der Waals surface area (Å²) in [5.41, 5.74) is 1.48. The third-order valence-electron chi connectivity index (χ3n) is 1.98. The van der Waals surface area contributed by atoms with Crippen molar-refractivity contribution in [1.82, 2.24) is 5.32 Å². The van der Waals surface area contributed by atoms with Crippen molar-refractivity contribution in [3.05, 3.63) is 23.2 Å². The number of furan rings is 1. The molecule has 0 aromatic carbocycles. The first-order valence-corrected chi connectivity index (χ1v) is 4.48. The molecule has 0 unspecified atom stereocenters. The molecule has 1 aromatic rings. The molecule has 1 heterocycles. The van der Waals surface area contributed by atoms with Gasteiger partial charge in [-0.3, -0.25) is 4.79 Å². The molecule has 0 aliphatic carbocycles. The van der Waals surface area contributed by atoms with Gasteiger partial charge in [-0.2, -0.15) is 0 Å². The predicted octanol–water partition coefficient (Wildman–Crippen LogP) is 1.27. The molecule has 4 nitrogen and oxygen atoms in total. The molecule has 0 radical (unpaired) electrons. The van der Waals surface area contributed by atoms with Gasteiger partial charge in [0, 0.05) is 19.2 Å². The molecule has 0 fully saturated rings. The van der Waals surface area contributed by atoms with Crippen molar-refractivity contribution in [3.8, 4) is 0 Å². The first-order chi connectivity index (χ1) is 6.66. The van der Waals surface area contributed by atoms with E-state index in [-0.39, 0.29) is 5.91 Å². The Morgan fingerprint density at radius 3 is 2.79 bits per heavy atom. The fourth-order valence-electron chi connectivity index (χ4n) is 1.27. The Morgan fingerprint density at radius 1 is 1.57 bits per heavy atom. The van der Waals surface area contributed by atoms with Crippen LogP contribution in [-0.4, -0.2) is 26.2 Å². The van der Waals surface area contributed by atoms with E-state index in [0.717, 1.165) is 5.56 Å². The highest BCUT2D eigenvalue weighted by molar-refractivity contribution is 5.96. The van der Waals surface area contributed by atoms with Gasteiger partial charge >= 0.3 is 0 Å². The van der Waals surface area contributed by atoms with Crippen molar-refractivity contribution in [3.63, 3.8) is 0 Å². The Hall–Kier alpha value is -1.29. The molecule has 0 aliphatic rings. The van der Waals surface area contributed by atoms with Crippen LogP contribution in [0.25, 0.3) is 0 Å². The molecule has 1 amide bonds. The first kappa shape index (κ1) is 10.8. The third-order valence-corrected chi connectivity index (χ3v) is 1.98. The molecule has 78 valence electrons. The number of carbonyl (C=O) groups is 1. The van der Waals surface area contributed by atoms with Crippen LogP contribution < -0.4 is 5.32 Å². The highest BCUT2D eigenvalue weighted by atomic mass is 16.5. The lowest BCUT2D eigenvalue weighted by molar-refractivity contribution is 0.0935. The number of aryl methyl sites for hydroxylation is 2. The van der Waals surface area contributed by atoms with Gasteiger partial charge in [-0.15, -0.1) is 0 Å². The second-order valence-corrected chi connectivity index (χ2v) is 3.10. The summed E-state index contributed by atoms with van der Waals surface area (Å²) in [6.45, 7) is 4.65. The second-order valence-electron chi connectivity index (χ2n) is 3.10. The Balaban J connectivity index is 2.60. The number of rotatable bonds is 4. The van der Waals surface area contributed by atoms with Gasteiger partial charge in [0.05, 0.1) is 18.4 Å². The fourth-order valence-corrected chi connectivity index (χ4v) is 1.27. The van der Waals surface area contributed by atoms with E-state index in [0.29, 0.717) is 24.5 Å². The van der Waals surface area contributed by atoms with Gasteiger partial charge in [-0.05, 0) is 13.8 Å². The van der Waals surface area contributed by atoms with Crippen molar-refractivity contribution in [1.29, 1.82) is 0 Å². The normalized spacial score (nSPS) is 10.2. The van der Waals surface area contributed by atoms with Crippen LogP contribution in [0.5, 0.6) is 0 Å². The van der Waals surface area contributed by atoms with Gasteiger partial charge in [0.25, 0.3) is 5.91 Å². The van der Waals surface area contributed by atoms with E-state index < -0.39 is 0 Å². The molecule has 0 saturated carbocycles. The number of methoxy groups -OCH3 is 1. The van der Waals surface area contributed by atoms with Crippen molar-refractivity contribution < 1.29 is 13.9 Å². The molecule has 0 atom stereocenters. The molecular formula is C10H15NO3. The van der Waals surface area contributed by atoms with E-state index in [1.165, 1.54) is 0 Å². The van der Waals surface area contributed by atoms with Crippen LogP contribution in [0.4, 0.5) is 0 Å². The molecule has 1 aromatic heterocycles. The number of hydrogen-bond acceptors (Lipinski definition) is 3. The summed E-state index contributed by atoms with van der Waals surface area (Å²) in [5, 5.41) is 2.74. The zero-order valence-corrected chi connectivity index (χ0v) is 8.72. The van der Waals surface area contributed by atoms with Gasteiger partial charge in [0.15, 0.2) is 0 Å². The van der Waals surface area contributed by atoms with Crippen molar-refractivity contribution in [2.24, 2.45) is 0 Å². The van der Waals surface area contributed by atoms with Crippen LogP contribution in [0.15, 0.2) is 10.7 Å². The summed E-state index contributed by atoms with van der Waals surface area (Å²) < 4.78 is 9.96. The van der Waals surface area contributed by atoms with E-state index in [1.807, 2.05) is 6.92 Å². The van der Waals surface area contributed by atoms with Gasteiger partial charge in [-0.1, -0.05) is 0 Å². The van der Waals surface area contributed by atoms with Crippen LogP contribution in [-0.2, 0) is 4.74 Å². The third kappa shape index (κ3) is 2.35. The maximum atomic E-state index is 11.6. The Bertz CT molecular complexity index is 298. The highest BCUT2D eigenvalue weighted by Gasteiger charge is 2.14. The topological polar surface area (TPSA) is 51.5 Å². The smallest absolute Gasteiger partial charge is 0.255 e. The van der Waals surface area contributed by atoms with Crippen LogP contribution in [0.2, 0.25) is 0 Å². The molecular weight excluding hydrogens is 182 g/mol. The average molecular weight is 197 g/mol. The van der Waals surface area contributed by atoms with Gasteiger partial charge in [-0.25, -0.2) is 0 Å². The lowest BCUT2D eigenvalue weighted by Crippen LogP contribution is -2.27. The maximum absolute atomic E-state index is 11.6. The van der Waals surface area contributed by atoms with E-state index in [2.05, 4.69) is 5.32 Å². The van der Waals surface area contributed by atoms with Crippen molar-refractivity contribution >= 4 is 5.91 Å². The minimum Gasteiger partial charge on any atom is -0.469 e. The van der Waals surface area contributed by atoms with Crippen LogP contribution in [0.1, 0.15) is 21.7 Å². The van der Waals surface area contributed by atoms with Crippen molar-refractivity contribution in [2.75, 3.05) is 20.3 Å². The lowest BCUT2D eigenvalue weighted by atomic mass is 10.1. The number of ether oxygens (including phenoxy) is 1. The summed E-state index contributed by atoms with van der Waals surface area (Å²) in [5.74, 6) is 0.545. The van der Waals surface area contributed by atoms with E-state index in [4.69, 9.17) is 9.15 Å². The average Bonchev–Trinajstić information content (AvgIpc) is 2.46. The van der Waals surface area contributed by atoms with E-state index >= 15 is 0 Å². The maximum Gasteiger partial charge on any atom is 0.255 e. The highest BCUT2D eigenvalue weighted by Crippen LogP contribution is 2.14. The Kier molecular flexibility index (Phi) is 3.71. The summed E-state index contributed by atoms with van der Waals surface area (Å²) in [7, 11) is 1.60. The molecule has 4 heteroatoms. The first-order valence-electron chi connectivity index (χ1n) is 4.48. The molecule has 0 spiro atoms. The van der Waals surface area contributed by atoms with E-state index in [1.54, 1.807) is 20.3 Å². The quantitative estimate of drug-likeness (QED) is 0.739. The minimum absolute atomic E-state index is 0.106. The fraction of sp³-hybridized carbons (Fsp3) is 0.500.